The lowest BCUT2D eigenvalue weighted by atomic mass is 10.2. The number of hydrazone groups is 1. The largest absolute Gasteiger partial charge is 0.504 e. The van der Waals surface area contributed by atoms with Crippen LogP contribution >= 0.6 is 23.4 Å². The normalized spacial score (nSPS) is 10.8. The lowest BCUT2D eigenvalue weighted by Crippen LogP contribution is -2.19. The van der Waals surface area contributed by atoms with Crippen LogP contribution in [0.15, 0.2) is 47.6 Å². The number of thioether (sulfide) groups is 1. The number of nitrogens with zero attached hydrogens (tertiary/aromatic N) is 1. The Morgan fingerprint density at radius 2 is 2.17 bits per heavy atom. The zero-order valence-electron chi connectivity index (χ0n) is 13.0. The molecule has 2 aromatic carbocycles. The quantitative estimate of drug-likeness (QED) is 0.583. The molecule has 0 aliphatic rings. The molecule has 0 aliphatic heterocycles. The van der Waals surface area contributed by atoms with Crippen LogP contribution in [0.1, 0.15) is 11.1 Å². The number of amides is 1. The number of rotatable bonds is 7. The summed E-state index contributed by atoms with van der Waals surface area (Å²) in [6.07, 6.45) is 1.48. The van der Waals surface area contributed by atoms with Crippen molar-refractivity contribution in [3.63, 3.8) is 0 Å². The van der Waals surface area contributed by atoms with Crippen LogP contribution in [0.3, 0.4) is 0 Å². The number of ether oxygens (including phenoxy) is 1. The van der Waals surface area contributed by atoms with Crippen molar-refractivity contribution < 1.29 is 14.6 Å². The number of hydrogen-bond acceptors (Lipinski definition) is 5. The number of carbonyl (C=O) groups is 1. The number of carbonyl (C=O) groups excluding carboxylic acids is 1. The summed E-state index contributed by atoms with van der Waals surface area (Å²) in [5, 5.41) is 14.1. The minimum atomic E-state index is -0.200. The molecule has 2 rings (SSSR count). The van der Waals surface area contributed by atoms with Crippen molar-refractivity contribution in [3.05, 3.63) is 58.6 Å². The fraction of sp³-hybridized carbons (Fsp3) is 0.176. The molecule has 126 valence electrons. The Bertz CT molecular complexity index is 738. The summed E-state index contributed by atoms with van der Waals surface area (Å²) in [5.74, 6) is 1.14. The van der Waals surface area contributed by atoms with E-state index in [0.717, 1.165) is 5.56 Å². The first-order chi connectivity index (χ1) is 11.6. The van der Waals surface area contributed by atoms with E-state index in [4.69, 9.17) is 16.3 Å². The van der Waals surface area contributed by atoms with E-state index >= 15 is 0 Å². The molecule has 0 bridgehead atoms. The molecule has 0 aliphatic carbocycles. The first kappa shape index (κ1) is 18.2. The molecule has 0 saturated heterocycles. The summed E-state index contributed by atoms with van der Waals surface area (Å²) in [4.78, 5) is 11.7. The average Bonchev–Trinajstić information content (AvgIpc) is 2.58. The molecule has 5 nitrogen and oxygen atoms in total. The van der Waals surface area contributed by atoms with Gasteiger partial charge in [-0.05, 0) is 35.4 Å². The summed E-state index contributed by atoms with van der Waals surface area (Å²) in [6, 6.07) is 12.3. The van der Waals surface area contributed by atoms with E-state index in [9.17, 15) is 9.90 Å². The summed E-state index contributed by atoms with van der Waals surface area (Å²) in [6.45, 7) is 0. The van der Waals surface area contributed by atoms with Gasteiger partial charge < -0.3 is 9.84 Å². The average molecular weight is 365 g/mol. The van der Waals surface area contributed by atoms with E-state index in [1.807, 2.05) is 24.3 Å². The maximum absolute atomic E-state index is 11.7. The minimum Gasteiger partial charge on any atom is -0.504 e. The third-order valence-corrected chi connectivity index (χ3v) is 4.41. The Morgan fingerprint density at radius 1 is 1.38 bits per heavy atom. The highest BCUT2D eigenvalue weighted by atomic mass is 35.5. The Hall–Kier alpha value is -2.18. The Labute approximate surface area is 149 Å². The molecule has 2 N–H and O–H groups in total. The lowest BCUT2D eigenvalue weighted by molar-refractivity contribution is -0.118. The van der Waals surface area contributed by atoms with Gasteiger partial charge in [-0.15, -0.1) is 11.8 Å². The van der Waals surface area contributed by atoms with Crippen LogP contribution in [0.2, 0.25) is 5.02 Å². The van der Waals surface area contributed by atoms with Crippen molar-refractivity contribution in [1.82, 2.24) is 5.43 Å². The standard InChI is InChI=1S/C17H17ClN2O3S/c1-23-16-8-12(6-7-15(16)21)9-19-20-17(22)11-24-10-13-4-2-3-5-14(13)18/h2-9,21H,10-11H2,1H3,(H,20,22). The summed E-state index contributed by atoms with van der Waals surface area (Å²) in [5.41, 5.74) is 4.16. The van der Waals surface area contributed by atoms with Gasteiger partial charge in [0, 0.05) is 10.8 Å². The summed E-state index contributed by atoms with van der Waals surface area (Å²) >= 11 is 7.52. The smallest absolute Gasteiger partial charge is 0.250 e. The van der Waals surface area contributed by atoms with Crippen LogP contribution in [-0.2, 0) is 10.5 Å². The van der Waals surface area contributed by atoms with Crippen molar-refractivity contribution >= 4 is 35.5 Å². The van der Waals surface area contributed by atoms with Gasteiger partial charge in [0.2, 0.25) is 5.91 Å². The number of benzene rings is 2. The van der Waals surface area contributed by atoms with Gasteiger partial charge >= 0.3 is 0 Å². The van der Waals surface area contributed by atoms with E-state index in [1.54, 1.807) is 12.1 Å². The van der Waals surface area contributed by atoms with Crippen molar-refractivity contribution in [2.24, 2.45) is 5.10 Å². The number of methoxy groups -OCH3 is 1. The van der Waals surface area contributed by atoms with Gasteiger partial charge in [0.1, 0.15) is 0 Å². The minimum absolute atomic E-state index is 0.0506. The fourth-order valence-corrected chi connectivity index (χ4v) is 2.96. The molecular weight excluding hydrogens is 348 g/mol. The van der Waals surface area contributed by atoms with Crippen LogP contribution in [0.5, 0.6) is 11.5 Å². The van der Waals surface area contributed by atoms with Crippen molar-refractivity contribution in [1.29, 1.82) is 0 Å². The van der Waals surface area contributed by atoms with Gasteiger partial charge in [-0.25, -0.2) is 5.43 Å². The number of aromatic hydroxyl groups is 1. The SMILES string of the molecule is COc1cc(C=NNC(=O)CSCc2ccccc2Cl)ccc1O. The number of phenols is 1. The molecule has 0 atom stereocenters. The second-order valence-electron chi connectivity index (χ2n) is 4.81. The molecular formula is C17H17ClN2O3S. The molecule has 0 heterocycles. The van der Waals surface area contributed by atoms with Crippen LogP contribution in [-0.4, -0.2) is 30.1 Å². The highest BCUT2D eigenvalue weighted by Gasteiger charge is 2.04. The number of hydrogen-bond donors (Lipinski definition) is 2. The first-order valence-corrected chi connectivity index (χ1v) is 8.63. The predicted molar refractivity (Wildman–Crippen MR) is 98.0 cm³/mol. The third-order valence-electron chi connectivity index (χ3n) is 3.06. The Balaban J connectivity index is 1.77. The zero-order chi connectivity index (χ0) is 17.4. The maximum atomic E-state index is 11.7. The number of phenolic OH excluding ortho intramolecular Hbond substituents is 1. The molecule has 0 spiro atoms. The second kappa shape index (κ2) is 9.20. The van der Waals surface area contributed by atoms with E-state index in [1.165, 1.54) is 31.2 Å². The van der Waals surface area contributed by atoms with Crippen LogP contribution in [0.4, 0.5) is 0 Å². The zero-order valence-corrected chi connectivity index (χ0v) is 14.6. The van der Waals surface area contributed by atoms with Gasteiger partial charge in [0.25, 0.3) is 0 Å². The number of halogens is 1. The monoisotopic (exact) mass is 364 g/mol. The Morgan fingerprint density at radius 3 is 2.92 bits per heavy atom. The molecule has 0 radical (unpaired) electrons. The molecule has 0 aromatic heterocycles. The van der Waals surface area contributed by atoms with Crippen LogP contribution in [0.25, 0.3) is 0 Å². The highest BCUT2D eigenvalue weighted by Crippen LogP contribution is 2.25. The molecule has 1 amide bonds. The molecule has 0 fully saturated rings. The highest BCUT2D eigenvalue weighted by molar-refractivity contribution is 7.99. The van der Waals surface area contributed by atoms with Gasteiger partial charge in [0.15, 0.2) is 11.5 Å². The van der Waals surface area contributed by atoms with Crippen molar-refractivity contribution in [2.45, 2.75) is 5.75 Å². The Kier molecular flexibility index (Phi) is 6.96. The summed E-state index contributed by atoms with van der Waals surface area (Å²) < 4.78 is 5.00. The summed E-state index contributed by atoms with van der Waals surface area (Å²) in [7, 11) is 1.47. The van der Waals surface area contributed by atoms with Gasteiger partial charge in [-0.1, -0.05) is 29.8 Å². The van der Waals surface area contributed by atoms with Gasteiger partial charge in [-0.2, -0.15) is 5.10 Å². The van der Waals surface area contributed by atoms with E-state index in [0.29, 0.717) is 22.1 Å². The third kappa shape index (κ3) is 5.47. The predicted octanol–water partition coefficient (Wildman–Crippen LogP) is 3.44. The van der Waals surface area contributed by atoms with E-state index in [2.05, 4.69) is 10.5 Å². The van der Waals surface area contributed by atoms with Crippen molar-refractivity contribution in [2.75, 3.05) is 12.9 Å². The lowest BCUT2D eigenvalue weighted by Gasteiger charge is -2.04. The van der Waals surface area contributed by atoms with Crippen LogP contribution < -0.4 is 10.2 Å². The van der Waals surface area contributed by atoms with E-state index in [-0.39, 0.29) is 17.4 Å². The second-order valence-corrected chi connectivity index (χ2v) is 6.20. The molecule has 2 aromatic rings. The molecule has 0 unspecified atom stereocenters. The van der Waals surface area contributed by atoms with Crippen molar-refractivity contribution in [3.8, 4) is 11.5 Å². The van der Waals surface area contributed by atoms with Gasteiger partial charge in [-0.3, -0.25) is 4.79 Å². The molecule has 0 saturated carbocycles. The molecule has 7 heteroatoms. The maximum Gasteiger partial charge on any atom is 0.250 e. The molecule has 24 heavy (non-hydrogen) atoms. The van der Waals surface area contributed by atoms with Gasteiger partial charge in [0.05, 0.1) is 19.1 Å². The number of nitrogens with one attached hydrogen (secondary N) is 1. The van der Waals surface area contributed by atoms with Crippen LogP contribution in [0, 0.1) is 0 Å². The fourth-order valence-electron chi connectivity index (χ4n) is 1.85. The van der Waals surface area contributed by atoms with E-state index < -0.39 is 0 Å². The first-order valence-electron chi connectivity index (χ1n) is 7.10. The topological polar surface area (TPSA) is 70.9 Å².